The van der Waals surface area contributed by atoms with Gasteiger partial charge in [-0.15, -0.1) is 0 Å². The van der Waals surface area contributed by atoms with Gasteiger partial charge in [0.05, 0.1) is 10.7 Å². The van der Waals surface area contributed by atoms with Crippen LogP contribution in [-0.2, 0) is 4.79 Å². The maximum Gasteiger partial charge on any atom is 0.229 e. The van der Waals surface area contributed by atoms with Crippen LogP contribution in [0.25, 0.3) is 0 Å². The summed E-state index contributed by atoms with van der Waals surface area (Å²) in [6.07, 6.45) is 1.49. The molecule has 1 amide bonds. The van der Waals surface area contributed by atoms with Crippen LogP contribution < -0.4 is 4.90 Å². The minimum Gasteiger partial charge on any atom is -0.295 e. The SMILES string of the molecule is O=C1CC(S)CN1c1ncc(F)cc1Br. The van der Waals surface area contributed by atoms with Gasteiger partial charge in [-0.3, -0.25) is 9.69 Å². The van der Waals surface area contributed by atoms with Crippen LogP contribution in [0.4, 0.5) is 10.2 Å². The average molecular weight is 291 g/mol. The van der Waals surface area contributed by atoms with Crippen LogP contribution in [0.15, 0.2) is 16.7 Å². The molecule has 1 aromatic heterocycles. The van der Waals surface area contributed by atoms with E-state index in [1.165, 1.54) is 11.0 Å². The second-order valence-electron chi connectivity index (χ2n) is 3.32. The van der Waals surface area contributed by atoms with Crippen LogP contribution in [0, 0.1) is 5.82 Å². The van der Waals surface area contributed by atoms with Gasteiger partial charge in [0.25, 0.3) is 0 Å². The zero-order chi connectivity index (χ0) is 11.0. The number of rotatable bonds is 1. The molecule has 2 heterocycles. The summed E-state index contributed by atoms with van der Waals surface area (Å²) in [7, 11) is 0. The van der Waals surface area contributed by atoms with Crippen LogP contribution in [0.2, 0.25) is 0 Å². The van der Waals surface area contributed by atoms with Crippen molar-refractivity contribution in [3.63, 3.8) is 0 Å². The van der Waals surface area contributed by atoms with Gasteiger partial charge >= 0.3 is 0 Å². The molecule has 0 N–H and O–H groups in total. The maximum absolute atomic E-state index is 12.8. The number of thiol groups is 1. The van der Waals surface area contributed by atoms with E-state index in [-0.39, 0.29) is 11.2 Å². The lowest BCUT2D eigenvalue weighted by Gasteiger charge is -2.15. The number of halogens is 2. The van der Waals surface area contributed by atoms with Crippen LogP contribution in [0.1, 0.15) is 6.42 Å². The van der Waals surface area contributed by atoms with E-state index >= 15 is 0 Å². The molecular formula is C9H8BrFN2OS. The van der Waals surface area contributed by atoms with E-state index in [1.54, 1.807) is 0 Å². The number of pyridine rings is 1. The summed E-state index contributed by atoms with van der Waals surface area (Å²) >= 11 is 7.42. The summed E-state index contributed by atoms with van der Waals surface area (Å²) in [6, 6.07) is 1.29. The topological polar surface area (TPSA) is 33.2 Å². The number of nitrogens with zero attached hydrogens (tertiary/aromatic N) is 2. The number of anilines is 1. The van der Waals surface area contributed by atoms with Gasteiger partial charge < -0.3 is 0 Å². The molecule has 0 saturated carbocycles. The van der Waals surface area contributed by atoms with Gasteiger partial charge in [0.1, 0.15) is 11.6 Å². The Morgan fingerprint density at radius 3 is 2.93 bits per heavy atom. The van der Waals surface area contributed by atoms with Crippen molar-refractivity contribution in [3.05, 3.63) is 22.6 Å². The zero-order valence-electron chi connectivity index (χ0n) is 7.65. The third-order valence-electron chi connectivity index (χ3n) is 2.15. The molecule has 1 atom stereocenters. The highest BCUT2D eigenvalue weighted by atomic mass is 79.9. The van der Waals surface area contributed by atoms with Crippen molar-refractivity contribution in [1.29, 1.82) is 0 Å². The van der Waals surface area contributed by atoms with Gasteiger partial charge in [0, 0.05) is 18.2 Å². The van der Waals surface area contributed by atoms with Crippen LogP contribution >= 0.6 is 28.6 Å². The smallest absolute Gasteiger partial charge is 0.229 e. The fourth-order valence-corrected chi connectivity index (χ4v) is 2.35. The van der Waals surface area contributed by atoms with Crippen molar-refractivity contribution in [2.24, 2.45) is 0 Å². The highest BCUT2D eigenvalue weighted by Gasteiger charge is 2.30. The maximum atomic E-state index is 12.8. The summed E-state index contributed by atoms with van der Waals surface area (Å²) in [5.74, 6) is -0.00699. The van der Waals surface area contributed by atoms with Crippen molar-refractivity contribution < 1.29 is 9.18 Å². The first-order valence-electron chi connectivity index (χ1n) is 4.37. The van der Waals surface area contributed by atoms with Gasteiger partial charge in [-0.1, -0.05) is 0 Å². The van der Waals surface area contributed by atoms with E-state index in [0.29, 0.717) is 23.3 Å². The predicted molar refractivity (Wildman–Crippen MR) is 61.6 cm³/mol. The molecule has 3 nitrogen and oxygen atoms in total. The van der Waals surface area contributed by atoms with Gasteiger partial charge in [-0.2, -0.15) is 12.6 Å². The number of hydrogen-bond acceptors (Lipinski definition) is 3. The van der Waals surface area contributed by atoms with Crippen molar-refractivity contribution in [2.45, 2.75) is 11.7 Å². The zero-order valence-corrected chi connectivity index (χ0v) is 10.1. The summed E-state index contributed by atoms with van der Waals surface area (Å²) in [6.45, 7) is 0.513. The van der Waals surface area contributed by atoms with E-state index in [4.69, 9.17) is 0 Å². The Balaban J connectivity index is 2.34. The third kappa shape index (κ3) is 2.15. The molecule has 0 bridgehead atoms. The number of aromatic nitrogens is 1. The molecule has 1 saturated heterocycles. The Morgan fingerprint density at radius 1 is 1.67 bits per heavy atom. The van der Waals surface area contributed by atoms with Crippen molar-refractivity contribution in [3.8, 4) is 0 Å². The molecule has 0 radical (unpaired) electrons. The van der Waals surface area contributed by atoms with E-state index < -0.39 is 5.82 Å². The molecular weight excluding hydrogens is 283 g/mol. The fraction of sp³-hybridized carbons (Fsp3) is 0.333. The van der Waals surface area contributed by atoms with Crippen LogP contribution in [0.3, 0.4) is 0 Å². The standard InChI is InChI=1S/C9H8BrFN2OS/c10-7-1-5(11)3-12-9(7)13-4-6(15)2-8(13)14/h1,3,6,15H,2,4H2. The number of carbonyl (C=O) groups is 1. The lowest BCUT2D eigenvalue weighted by molar-refractivity contribution is -0.117. The largest absolute Gasteiger partial charge is 0.295 e. The van der Waals surface area contributed by atoms with E-state index in [0.717, 1.165) is 6.20 Å². The summed E-state index contributed by atoms with van der Waals surface area (Å²) in [5, 5.41) is 0.0243. The second kappa shape index (κ2) is 4.09. The fourth-order valence-electron chi connectivity index (χ4n) is 1.50. The van der Waals surface area contributed by atoms with Crippen molar-refractivity contribution in [1.82, 2.24) is 4.98 Å². The molecule has 0 aliphatic carbocycles. The summed E-state index contributed by atoms with van der Waals surface area (Å²) < 4.78 is 13.3. The molecule has 1 fully saturated rings. The number of carbonyl (C=O) groups excluding carboxylic acids is 1. The Hall–Kier alpha value is -0.620. The summed E-state index contributed by atoms with van der Waals surface area (Å²) in [4.78, 5) is 17.0. The Labute approximate surface area is 100 Å². The minimum absolute atomic E-state index is 0.0243. The average Bonchev–Trinajstić information content (AvgIpc) is 2.45. The van der Waals surface area contributed by atoms with Crippen LogP contribution in [-0.4, -0.2) is 22.7 Å². The first-order chi connectivity index (χ1) is 7.08. The predicted octanol–water partition coefficient (Wildman–Crippen LogP) is 2.02. The molecule has 80 valence electrons. The molecule has 0 spiro atoms. The Bertz CT molecular complexity index is 415. The molecule has 1 aliphatic heterocycles. The lowest BCUT2D eigenvalue weighted by Crippen LogP contribution is -2.26. The molecule has 2 rings (SSSR count). The lowest BCUT2D eigenvalue weighted by atomic mass is 10.4. The summed E-state index contributed by atoms with van der Waals surface area (Å²) in [5.41, 5.74) is 0. The minimum atomic E-state index is -0.431. The molecule has 1 aromatic rings. The second-order valence-corrected chi connectivity index (χ2v) is 4.91. The Morgan fingerprint density at radius 2 is 2.40 bits per heavy atom. The number of hydrogen-bond donors (Lipinski definition) is 1. The molecule has 0 aromatic carbocycles. The van der Waals surface area contributed by atoms with Gasteiger partial charge in [0.15, 0.2) is 0 Å². The van der Waals surface area contributed by atoms with E-state index in [1.807, 2.05) is 0 Å². The van der Waals surface area contributed by atoms with E-state index in [9.17, 15) is 9.18 Å². The number of amides is 1. The highest BCUT2D eigenvalue weighted by molar-refractivity contribution is 9.10. The van der Waals surface area contributed by atoms with Crippen LogP contribution in [0.5, 0.6) is 0 Å². The Kier molecular flexibility index (Phi) is 2.97. The monoisotopic (exact) mass is 290 g/mol. The van der Waals surface area contributed by atoms with Gasteiger partial charge in [-0.05, 0) is 22.0 Å². The normalized spacial score (nSPS) is 21.1. The quantitative estimate of drug-likeness (QED) is 0.803. The first kappa shape index (κ1) is 10.9. The van der Waals surface area contributed by atoms with Crippen molar-refractivity contribution >= 4 is 40.3 Å². The van der Waals surface area contributed by atoms with Gasteiger partial charge in [-0.25, -0.2) is 9.37 Å². The molecule has 1 unspecified atom stereocenters. The van der Waals surface area contributed by atoms with Crippen molar-refractivity contribution in [2.75, 3.05) is 11.4 Å². The third-order valence-corrected chi connectivity index (χ3v) is 3.08. The molecule has 15 heavy (non-hydrogen) atoms. The first-order valence-corrected chi connectivity index (χ1v) is 5.68. The molecule has 6 heteroatoms. The van der Waals surface area contributed by atoms with Gasteiger partial charge in [0.2, 0.25) is 5.91 Å². The van der Waals surface area contributed by atoms with E-state index in [2.05, 4.69) is 33.5 Å². The molecule has 1 aliphatic rings. The highest BCUT2D eigenvalue weighted by Crippen LogP contribution is 2.29.